The Balaban J connectivity index is 0.000000561. The Morgan fingerprint density at radius 2 is 1.67 bits per heavy atom. The van der Waals surface area contributed by atoms with Crippen molar-refractivity contribution in [2.24, 2.45) is 5.92 Å². The Kier molecular flexibility index (Phi) is 7.51. The van der Waals surface area contributed by atoms with Crippen molar-refractivity contribution in [3.05, 3.63) is 0 Å². The fraction of sp³-hybridized carbons (Fsp3) is 1.00. The molecule has 1 N–H and O–H groups in total. The van der Waals surface area contributed by atoms with E-state index in [0.29, 0.717) is 0 Å². The first-order valence-electron chi connectivity index (χ1n) is 5.20. The highest BCUT2D eigenvalue weighted by molar-refractivity contribution is 4.68. The van der Waals surface area contributed by atoms with Crippen LogP contribution in [0.1, 0.15) is 39.5 Å². The van der Waals surface area contributed by atoms with Crippen molar-refractivity contribution in [2.75, 3.05) is 20.6 Å². The molecule has 1 aliphatic rings. The molecule has 1 rings (SSSR count). The van der Waals surface area contributed by atoms with Gasteiger partial charge in [-0.15, -0.1) is 0 Å². The molecule has 0 bridgehead atoms. The molecule has 74 valence electrons. The SMILES string of the molecule is CC.CN(C)NCC1CCCC1. The first-order valence-corrected chi connectivity index (χ1v) is 5.20. The first kappa shape index (κ1) is 11.9. The predicted molar refractivity (Wildman–Crippen MR) is 55.0 cm³/mol. The average Bonchev–Trinajstić information content (AvgIpc) is 2.56. The molecule has 0 aliphatic heterocycles. The van der Waals surface area contributed by atoms with E-state index < -0.39 is 0 Å². The highest BCUT2D eigenvalue weighted by Gasteiger charge is 2.13. The molecule has 0 spiro atoms. The van der Waals surface area contributed by atoms with Crippen LogP contribution < -0.4 is 5.43 Å². The highest BCUT2D eigenvalue weighted by Crippen LogP contribution is 2.23. The quantitative estimate of drug-likeness (QED) is 0.657. The van der Waals surface area contributed by atoms with Gasteiger partial charge in [0.25, 0.3) is 0 Å². The number of hydrogen-bond donors (Lipinski definition) is 1. The van der Waals surface area contributed by atoms with Gasteiger partial charge in [0.05, 0.1) is 0 Å². The lowest BCUT2D eigenvalue weighted by Crippen LogP contribution is -2.33. The Morgan fingerprint density at radius 1 is 1.17 bits per heavy atom. The molecule has 1 fully saturated rings. The summed E-state index contributed by atoms with van der Waals surface area (Å²) in [5.74, 6) is 0.947. The fourth-order valence-electron chi connectivity index (χ4n) is 1.53. The molecule has 0 heterocycles. The zero-order chi connectivity index (χ0) is 9.40. The smallest absolute Gasteiger partial charge is 0.0130 e. The van der Waals surface area contributed by atoms with Crippen molar-refractivity contribution in [2.45, 2.75) is 39.5 Å². The van der Waals surface area contributed by atoms with Gasteiger partial charge in [0.15, 0.2) is 0 Å². The van der Waals surface area contributed by atoms with Gasteiger partial charge in [0.2, 0.25) is 0 Å². The molecule has 1 aliphatic carbocycles. The van der Waals surface area contributed by atoms with Gasteiger partial charge in [0, 0.05) is 20.6 Å². The van der Waals surface area contributed by atoms with Crippen LogP contribution in [0.3, 0.4) is 0 Å². The molecule has 0 unspecified atom stereocenters. The summed E-state index contributed by atoms with van der Waals surface area (Å²) in [6, 6.07) is 0. The third-order valence-corrected chi connectivity index (χ3v) is 2.17. The highest BCUT2D eigenvalue weighted by atomic mass is 15.5. The van der Waals surface area contributed by atoms with Crippen LogP contribution in [0.4, 0.5) is 0 Å². The first-order chi connectivity index (χ1) is 5.79. The summed E-state index contributed by atoms with van der Waals surface area (Å²) < 4.78 is 0. The number of nitrogens with one attached hydrogen (secondary N) is 1. The van der Waals surface area contributed by atoms with Crippen LogP contribution in [0.2, 0.25) is 0 Å². The van der Waals surface area contributed by atoms with E-state index >= 15 is 0 Å². The van der Waals surface area contributed by atoms with Crippen molar-refractivity contribution in [3.8, 4) is 0 Å². The average molecular weight is 172 g/mol. The van der Waals surface area contributed by atoms with E-state index in [0.717, 1.165) is 5.92 Å². The summed E-state index contributed by atoms with van der Waals surface area (Å²) in [7, 11) is 4.10. The van der Waals surface area contributed by atoms with Crippen LogP contribution in [0.5, 0.6) is 0 Å². The lowest BCUT2D eigenvalue weighted by Gasteiger charge is -2.15. The van der Waals surface area contributed by atoms with Crippen molar-refractivity contribution in [1.29, 1.82) is 0 Å². The van der Waals surface area contributed by atoms with Gasteiger partial charge in [-0.2, -0.15) is 0 Å². The molecule has 0 atom stereocenters. The van der Waals surface area contributed by atoms with Crippen molar-refractivity contribution in [3.63, 3.8) is 0 Å². The standard InChI is InChI=1S/C8H18N2.C2H6/c1-10(2)9-7-8-5-3-4-6-8;1-2/h8-9H,3-7H2,1-2H3;1-2H3. The lowest BCUT2D eigenvalue weighted by atomic mass is 10.1. The van der Waals surface area contributed by atoms with Crippen LogP contribution in [0, 0.1) is 5.92 Å². The van der Waals surface area contributed by atoms with Crippen molar-refractivity contribution >= 4 is 0 Å². The maximum absolute atomic E-state index is 3.32. The van der Waals surface area contributed by atoms with Gasteiger partial charge in [-0.25, -0.2) is 0 Å². The zero-order valence-electron chi connectivity index (χ0n) is 9.06. The second-order valence-corrected chi connectivity index (χ2v) is 3.41. The van der Waals surface area contributed by atoms with Crippen LogP contribution in [0.15, 0.2) is 0 Å². The van der Waals surface area contributed by atoms with E-state index in [4.69, 9.17) is 0 Å². The van der Waals surface area contributed by atoms with Gasteiger partial charge in [0.1, 0.15) is 0 Å². The minimum absolute atomic E-state index is 0.947. The molecule has 0 aromatic carbocycles. The molecule has 0 radical (unpaired) electrons. The van der Waals surface area contributed by atoms with Crippen molar-refractivity contribution < 1.29 is 0 Å². The number of nitrogens with zero attached hydrogens (tertiary/aromatic N) is 1. The van der Waals surface area contributed by atoms with Gasteiger partial charge in [-0.05, 0) is 18.8 Å². The third kappa shape index (κ3) is 5.56. The van der Waals surface area contributed by atoms with E-state index in [9.17, 15) is 0 Å². The monoisotopic (exact) mass is 172 g/mol. The fourth-order valence-corrected chi connectivity index (χ4v) is 1.53. The summed E-state index contributed by atoms with van der Waals surface area (Å²) >= 11 is 0. The largest absolute Gasteiger partial charge is 0.255 e. The maximum Gasteiger partial charge on any atom is 0.0130 e. The third-order valence-electron chi connectivity index (χ3n) is 2.17. The molecule has 2 nitrogen and oxygen atoms in total. The lowest BCUT2D eigenvalue weighted by molar-refractivity contribution is 0.263. The summed E-state index contributed by atoms with van der Waals surface area (Å²) in [5.41, 5.74) is 3.32. The summed E-state index contributed by atoms with van der Waals surface area (Å²) in [6.45, 7) is 5.17. The van der Waals surface area contributed by atoms with Crippen LogP contribution >= 0.6 is 0 Å². The molecule has 2 heteroatoms. The summed E-state index contributed by atoms with van der Waals surface area (Å²) in [6.07, 6.45) is 5.75. The van der Waals surface area contributed by atoms with Gasteiger partial charge >= 0.3 is 0 Å². The topological polar surface area (TPSA) is 15.3 Å². The number of hydrogen-bond acceptors (Lipinski definition) is 2. The maximum atomic E-state index is 3.32. The molecule has 0 aromatic rings. The van der Waals surface area contributed by atoms with Crippen molar-refractivity contribution in [1.82, 2.24) is 10.4 Å². The molecule has 0 saturated heterocycles. The molecular formula is C10H24N2. The second kappa shape index (κ2) is 7.56. The van der Waals surface area contributed by atoms with E-state index in [-0.39, 0.29) is 0 Å². The molecule has 1 saturated carbocycles. The second-order valence-electron chi connectivity index (χ2n) is 3.41. The van der Waals surface area contributed by atoms with Crippen LogP contribution in [-0.4, -0.2) is 25.6 Å². The zero-order valence-corrected chi connectivity index (χ0v) is 9.06. The van der Waals surface area contributed by atoms with E-state index in [1.165, 1.54) is 32.2 Å². The predicted octanol–water partition coefficient (Wildman–Crippen LogP) is 2.27. The van der Waals surface area contributed by atoms with Gasteiger partial charge in [-0.3, -0.25) is 10.4 Å². The molecule has 12 heavy (non-hydrogen) atoms. The van der Waals surface area contributed by atoms with Gasteiger partial charge in [-0.1, -0.05) is 26.7 Å². The Bertz CT molecular complexity index is 85.8. The Hall–Kier alpha value is -0.0800. The Morgan fingerprint density at radius 3 is 2.08 bits per heavy atom. The summed E-state index contributed by atoms with van der Waals surface area (Å²) in [4.78, 5) is 0. The van der Waals surface area contributed by atoms with E-state index in [1.807, 2.05) is 18.9 Å². The van der Waals surface area contributed by atoms with E-state index in [1.54, 1.807) is 0 Å². The summed E-state index contributed by atoms with van der Waals surface area (Å²) in [5, 5.41) is 2.04. The van der Waals surface area contributed by atoms with E-state index in [2.05, 4.69) is 19.5 Å². The Labute approximate surface area is 77.3 Å². The van der Waals surface area contributed by atoms with Crippen LogP contribution in [0.25, 0.3) is 0 Å². The minimum atomic E-state index is 0.947. The molecular weight excluding hydrogens is 148 g/mol. The number of hydrazine groups is 1. The van der Waals surface area contributed by atoms with Gasteiger partial charge < -0.3 is 0 Å². The van der Waals surface area contributed by atoms with Crippen LogP contribution in [-0.2, 0) is 0 Å². The normalized spacial score (nSPS) is 17.8. The minimum Gasteiger partial charge on any atom is -0.255 e. The number of rotatable bonds is 3. The molecule has 0 aromatic heterocycles. The molecule has 0 amide bonds.